The van der Waals surface area contributed by atoms with Gasteiger partial charge in [-0.15, -0.1) is 0 Å². The molecule has 1 N–H and O–H groups in total. The molecule has 0 spiro atoms. The van der Waals surface area contributed by atoms with Crippen molar-refractivity contribution in [1.29, 1.82) is 0 Å². The van der Waals surface area contributed by atoms with Crippen LogP contribution in [0, 0.1) is 0 Å². The lowest BCUT2D eigenvalue weighted by Crippen LogP contribution is -2.36. The van der Waals surface area contributed by atoms with Crippen LogP contribution in [-0.2, 0) is 16.1 Å². The van der Waals surface area contributed by atoms with E-state index >= 15 is 0 Å². The second kappa shape index (κ2) is 10.2. The number of benzene rings is 2. The van der Waals surface area contributed by atoms with E-state index in [9.17, 15) is 9.59 Å². The zero-order valence-corrected chi connectivity index (χ0v) is 18.7. The Morgan fingerprint density at radius 1 is 1.07 bits per heavy atom. The summed E-state index contributed by atoms with van der Waals surface area (Å²) in [5.41, 5.74) is 2.01. The Morgan fingerprint density at radius 2 is 1.77 bits per heavy atom. The SMILES string of the molecule is CCCCCCOc1ccc(CN2C(=O)C(NC(C)=O)c3c(Cl)ccc(Cl)c32)cc1. The molecule has 1 unspecified atom stereocenters. The number of hydrogen-bond donors (Lipinski definition) is 1. The van der Waals surface area contributed by atoms with Gasteiger partial charge in [0.05, 0.1) is 23.9 Å². The molecule has 0 fully saturated rings. The van der Waals surface area contributed by atoms with Crippen molar-refractivity contribution in [3.05, 3.63) is 57.6 Å². The van der Waals surface area contributed by atoms with E-state index in [0.29, 0.717) is 34.4 Å². The molecule has 5 nitrogen and oxygen atoms in total. The summed E-state index contributed by atoms with van der Waals surface area (Å²) in [5, 5.41) is 3.50. The van der Waals surface area contributed by atoms with Crippen LogP contribution in [0.5, 0.6) is 5.75 Å². The molecule has 2 aromatic rings. The Bertz CT molecular complexity index is 915. The third-order valence-corrected chi connectivity index (χ3v) is 5.70. The van der Waals surface area contributed by atoms with Crippen LogP contribution in [0.4, 0.5) is 5.69 Å². The van der Waals surface area contributed by atoms with Crippen molar-refractivity contribution in [2.24, 2.45) is 0 Å². The monoisotopic (exact) mass is 448 g/mol. The summed E-state index contributed by atoms with van der Waals surface area (Å²) < 4.78 is 5.78. The van der Waals surface area contributed by atoms with Crippen molar-refractivity contribution in [3.8, 4) is 5.75 Å². The number of halogens is 2. The Balaban J connectivity index is 1.74. The van der Waals surface area contributed by atoms with Gasteiger partial charge in [-0.05, 0) is 36.2 Å². The number of carbonyl (C=O) groups is 2. The number of carbonyl (C=O) groups excluding carboxylic acids is 2. The molecule has 0 radical (unpaired) electrons. The topological polar surface area (TPSA) is 58.6 Å². The van der Waals surface area contributed by atoms with Crippen molar-refractivity contribution < 1.29 is 14.3 Å². The molecule has 0 saturated heterocycles. The predicted octanol–water partition coefficient (Wildman–Crippen LogP) is 5.68. The third-order valence-electron chi connectivity index (χ3n) is 5.06. The number of nitrogens with one attached hydrogen (secondary N) is 1. The molecule has 0 aliphatic carbocycles. The number of nitrogens with zero attached hydrogens (tertiary/aromatic N) is 1. The van der Waals surface area contributed by atoms with Crippen LogP contribution in [0.15, 0.2) is 36.4 Å². The van der Waals surface area contributed by atoms with Gasteiger partial charge in [0.2, 0.25) is 5.91 Å². The molecular weight excluding hydrogens is 423 g/mol. The fraction of sp³-hybridized carbons (Fsp3) is 0.391. The lowest BCUT2D eigenvalue weighted by atomic mass is 10.1. The number of anilines is 1. The number of unbranched alkanes of at least 4 members (excludes halogenated alkanes) is 3. The van der Waals surface area contributed by atoms with Crippen LogP contribution in [0.2, 0.25) is 10.0 Å². The molecule has 3 rings (SSSR count). The molecule has 30 heavy (non-hydrogen) atoms. The van der Waals surface area contributed by atoms with Gasteiger partial charge in [0.15, 0.2) is 0 Å². The van der Waals surface area contributed by atoms with E-state index in [1.54, 1.807) is 17.0 Å². The highest BCUT2D eigenvalue weighted by Gasteiger charge is 2.41. The van der Waals surface area contributed by atoms with Gasteiger partial charge in [0.25, 0.3) is 5.91 Å². The molecular formula is C23H26Cl2N2O3. The number of amides is 2. The van der Waals surface area contributed by atoms with Gasteiger partial charge >= 0.3 is 0 Å². The minimum absolute atomic E-state index is 0.258. The largest absolute Gasteiger partial charge is 0.494 e. The van der Waals surface area contributed by atoms with E-state index in [2.05, 4.69) is 12.2 Å². The zero-order chi connectivity index (χ0) is 21.7. The molecule has 2 amide bonds. The van der Waals surface area contributed by atoms with Crippen LogP contribution in [0.25, 0.3) is 0 Å². The summed E-state index contributed by atoms with van der Waals surface area (Å²) >= 11 is 12.8. The molecule has 1 heterocycles. The normalized spacial score (nSPS) is 15.3. The number of fused-ring (bicyclic) bond motifs is 1. The van der Waals surface area contributed by atoms with Crippen molar-refractivity contribution in [1.82, 2.24) is 5.32 Å². The summed E-state index contributed by atoms with van der Waals surface area (Å²) in [5.74, 6) is 0.240. The summed E-state index contributed by atoms with van der Waals surface area (Å²) in [6.07, 6.45) is 4.63. The van der Waals surface area contributed by atoms with Gasteiger partial charge < -0.3 is 15.0 Å². The van der Waals surface area contributed by atoms with Crippen LogP contribution in [0.3, 0.4) is 0 Å². The lowest BCUT2D eigenvalue weighted by molar-refractivity contribution is -0.126. The van der Waals surface area contributed by atoms with Crippen LogP contribution < -0.4 is 15.0 Å². The molecule has 0 bridgehead atoms. The Hall–Kier alpha value is -2.24. The van der Waals surface area contributed by atoms with E-state index in [1.807, 2.05) is 24.3 Å². The zero-order valence-electron chi connectivity index (χ0n) is 17.2. The highest BCUT2D eigenvalue weighted by molar-refractivity contribution is 6.38. The Kier molecular flexibility index (Phi) is 7.62. The van der Waals surface area contributed by atoms with Crippen molar-refractivity contribution in [2.75, 3.05) is 11.5 Å². The van der Waals surface area contributed by atoms with Gasteiger partial charge in [-0.25, -0.2) is 0 Å². The summed E-state index contributed by atoms with van der Waals surface area (Å²) in [6, 6.07) is 10.1. The molecule has 1 atom stereocenters. The first-order chi connectivity index (χ1) is 14.4. The first-order valence-corrected chi connectivity index (χ1v) is 11.0. The maximum absolute atomic E-state index is 13.1. The summed E-state index contributed by atoms with van der Waals surface area (Å²) in [6.45, 7) is 4.57. The number of hydrogen-bond acceptors (Lipinski definition) is 3. The molecule has 0 saturated carbocycles. The predicted molar refractivity (Wildman–Crippen MR) is 120 cm³/mol. The second-order valence-electron chi connectivity index (χ2n) is 7.40. The first-order valence-electron chi connectivity index (χ1n) is 10.2. The summed E-state index contributed by atoms with van der Waals surface area (Å²) in [4.78, 5) is 26.3. The van der Waals surface area contributed by atoms with Gasteiger partial charge in [-0.1, -0.05) is 61.5 Å². The number of ether oxygens (including phenoxy) is 1. The molecule has 0 aromatic heterocycles. The van der Waals surface area contributed by atoms with Gasteiger partial charge in [0, 0.05) is 17.5 Å². The van der Waals surface area contributed by atoms with Crippen LogP contribution in [-0.4, -0.2) is 18.4 Å². The maximum Gasteiger partial charge on any atom is 0.254 e. The van der Waals surface area contributed by atoms with Crippen molar-refractivity contribution >= 4 is 40.7 Å². The Morgan fingerprint density at radius 3 is 2.43 bits per heavy atom. The van der Waals surface area contributed by atoms with Gasteiger partial charge in [-0.2, -0.15) is 0 Å². The van der Waals surface area contributed by atoms with Gasteiger partial charge in [-0.3, -0.25) is 9.59 Å². The van der Waals surface area contributed by atoms with Crippen LogP contribution >= 0.6 is 23.2 Å². The van der Waals surface area contributed by atoms with Crippen LogP contribution in [0.1, 0.15) is 56.7 Å². The average Bonchev–Trinajstić information content (AvgIpc) is 2.98. The molecule has 1 aliphatic rings. The van der Waals surface area contributed by atoms with Gasteiger partial charge in [0.1, 0.15) is 11.8 Å². The molecule has 2 aromatic carbocycles. The second-order valence-corrected chi connectivity index (χ2v) is 8.22. The minimum atomic E-state index is -0.838. The highest BCUT2D eigenvalue weighted by atomic mass is 35.5. The van der Waals surface area contributed by atoms with Crippen molar-refractivity contribution in [3.63, 3.8) is 0 Å². The van der Waals surface area contributed by atoms with E-state index in [1.165, 1.54) is 26.2 Å². The number of rotatable bonds is 9. The molecule has 160 valence electrons. The molecule has 7 heteroatoms. The maximum atomic E-state index is 13.1. The molecule has 1 aliphatic heterocycles. The third kappa shape index (κ3) is 5.08. The fourth-order valence-corrected chi connectivity index (χ4v) is 4.11. The van der Waals surface area contributed by atoms with E-state index in [0.717, 1.165) is 17.7 Å². The quantitative estimate of drug-likeness (QED) is 0.502. The average molecular weight is 449 g/mol. The highest BCUT2D eigenvalue weighted by Crippen LogP contribution is 2.45. The van der Waals surface area contributed by atoms with E-state index < -0.39 is 6.04 Å². The van der Waals surface area contributed by atoms with Crippen molar-refractivity contribution in [2.45, 2.75) is 52.1 Å². The van der Waals surface area contributed by atoms with E-state index in [-0.39, 0.29) is 11.8 Å². The fourth-order valence-electron chi connectivity index (χ4n) is 3.58. The lowest BCUT2D eigenvalue weighted by Gasteiger charge is -2.19. The minimum Gasteiger partial charge on any atom is -0.494 e. The standard InChI is InChI=1S/C23H26Cl2N2O3/c1-3-4-5-6-13-30-17-9-7-16(8-10-17)14-27-22-19(25)12-11-18(24)20(22)21(23(27)29)26-15(2)28/h7-12,21H,3-6,13-14H2,1-2H3,(H,26,28). The van der Waals surface area contributed by atoms with E-state index in [4.69, 9.17) is 27.9 Å². The smallest absolute Gasteiger partial charge is 0.254 e. The Labute approximate surface area is 187 Å². The first kappa shape index (κ1) is 22.4. The summed E-state index contributed by atoms with van der Waals surface area (Å²) in [7, 11) is 0.